The summed E-state index contributed by atoms with van der Waals surface area (Å²) < 4.78 is 33.1. The summed E-state index contributed by atoms with van der Waals surface area (Å²) in [5.41, 5.74) is 1.67. The summed E-state index contributed by atoms with van der Waals surface area (Å²) in [4.78, 5) is 0.293. The predicted molar refractivity (Wildman–Crippen MR) is 87.2 cm³/mol. The molecule has 7 heteroatoms. The highest BCUT2D eigenvalue weighted by atomic mass is 79.9. The Morgan fingerprint density at radius 1 is 1.43 bits per heavy atom. The molecule has 21 heavy (non-hydrogen) atoms. The van der Waals surface area contributed by atoms with Crippen molar-refractivity contribution >= 4 is 37.6 Å². The lowest BCUT2D eigenvalue weighted by Crippen LogP contribution is -2.36. The average Bonchev–Trinajstić information content (AvgIpc) is 3.26. The molecule has 0 heterocycles. The van der Waals surface area contributed by atoms with E-state index in [4.69, 9.17) is 16.3 Å². The zero-order valence-electron chi connectivity index (χ0n) is 12.1. The third kappa shape index (κ3) is 3.79. The highest BCUT2D eigenvalue weighted by molar-refractivity contribution is 9.10. The first-order valence-corrected chi connectivity index (χ1v) is 9.54. The van der Waals surface area contributed by atoms with Crippen LogP contribution >= 0.6 is 27.5 Å². The minimum atomic E-state index is -3.55. The number of hydrogen-bond acceptors (Lipinski definition) is 3. The fourth-order valence-electron chi connectivity index (χ4n) is 2.24. The summed E-state index contributed by atoms with van der Waals surface area (Å²) in [6.45, 7) is 2.64. The number of sulfonamides is 1. The van der Waals surface area contributed by atoms with Crippen LogP contribution < -0.4 is 0 Å². The number of halogens is 2. The number of ether oxygens (including phenoxy) is 1. The largest absolute Gasteiger partial charge is 0.383 e. The van der Waals surface area contributed by atoms with E-state index in [-0.39, 0.29) is 11.9 Å². The number of hydrogen-bond donors (Lipinski definition) is 0. The molecule has 0 aromatic heterocycles. The molecule has 0 aliphatic heterocycles. The van der Waals surface area contributed by atoms with Crippen LogP contribution in [0.1, 0.15) is 24.0 Å². The zero-order valence-corrected chi connectivity index (χ0v) is 15.3. The van der Waals surface area contributed by atoms with Crippen LogP contribution in [0.3, 0.4) is 0 Å². The first-order valence-electron chi connectivity index (χ1n) is 6.77. The number of methoxy groups -OCH3 is 1. The van der Waals surface area contributed by atoms with Crippen molar-refractivity contribution in [1.82, 2.24) is 4.31 Å². The molecule has 2 rings (SSSR count). The van der Waals surface area contributed by atoms with Crippen molar-refractivity contribution in [2.75, 3.05) is 20.3 Å². The molecule has 1 aliphatic rings. The Kier molecular flexibility index (Phi) is 5.71. The third-order valence-electron chi connectivity index (χ3n) is 3.49. The minimum absolute atomic E-state index is 0.0945. The van der Waals surface area contributed by atoms with Gasteiger partial charge < -0.3 is 4.74 Å². The van der Waals surface area contributed by atoms with Crippen LogP contribution in [-0.2, 0) is 20.6 Å². The van der Waals surface area contributed by atoms with Gasteiger partial charge in [0.2, 0.25) is 10.0 Å². The van der Waals surface area contributed by atoms with Crippen molar-refractivity contribution in [3.05, 3.63) is 27.7 Å². The maximum absolute atomic E-state index is 13.0. The first kappa shape index (κ1) is 17.2. The molecule has 0 amide bonds. The van der Waals surface area contributed by atoms with E-state index in [0.717, 1.165) is 24.0 Å². The van der Waals surface area contributed by atoms with Gasteiger partial charge in [0.1, 0.15) is 0 Å². The summed E-state index contributed by atoms with van der Waals surface area (Å²) >= 11 is 9.27. The molecule has 4 nitrogen and oxygen atoms in total. The average molecular weight is 397 g/mol. The van der Waals surface area contributed by atoms with Crippen LogP contribution in [0.2, 0.25) is 0 Å². The molecule has 1 aromatic rings. The maximum Gasteiger partial charge on any atom is 0.244 e. The summed E-state index contributed by atoms with van der Waals surface area (Å²) in [5, 5.41) is 0. The Morgan fingerprint density at radius 3 is 2.62 bits per heavy atom. The van der Waals surface area contributed by atoms with Gasteiger partial charge in [-0.3, -0.25) is 0 Å². The number of alkyl halides is 1. The van der Waals surface area contributed by atoms with Gasteiger partial charge in [-0.15, -0.1) is 11.6 Å². The van der Waals surface area contributed by atoms with Gasteiger partial charge in [0.15, 0.2) is 0 Å². The second-order valence-corrected chi connectivity index (χ2v) is 8.12. The molecule has 0 spiro atoms. The van der Waals surface area contributed by atoms with Gasteiger partial charge >= 0.3 is 0 Å². The lowest BCUT2D eigenvalue weighted by atomic mass is 10.2. The highest BCUT2D eigenvalue weighted by Crippen LogP contribution is 2.36. The van der Waals surface area contributed by atoms with Crippen molar-refractivity contribution < 1.29 is 13.2 Å². The van der Waals surface area contributed by atoms with Crippen molar-refractivity contribution in [1.29, 1.82) is 0 Å². The van der Waals surface area contributed by atoms with Crippen LogP contribution in [0.4, 0.5) is 0 Å². The van der Waals surface area contributed by atoms with Crippen molar-refractivity contribution in [2.45, 2.75) is 36.6 Å². The topological polar surface area (TPSA) is 46.6 Å². The Bertz CT molecular complexity index is 617. The van der Waals surface area contributed by atoms with Crippen LogP contribution in [0.15, 0.2) is 21.5 Å². The number of nitrogens with zero attached hydrogens (tertiary/aromatic N) is 1. The van der Waals surface area contributed by atoms with Crippen LogP contribution in [0, 0.1) is 6.92 Å². The molecular formula is C14H19BrClNO3S. The molecule has 0 atom stereocenters. The lowest BCUT2D eigenvalue weighted by Gasteiger charge is -2.23. The van der Waals surface area contributed by atoms with Crippen molar-refractivity contribution in [3.63, 3.8) is 0 Å². The zero-order chi connectivity index (χ0) is 15.6. The number of benzene rings is 1. The van der Waals surface area contributed by atoms with E-state index in [1.165, 1.54) is 0 Å². The summed E-state index contributed by atoms with van der Waals surface area (Å²) in [6.07, 6.45) is 1.82. The Labute approximate surface area is 139 Å². The minimum Gasteiger partial charge on any atom is -0.383 e. The van der Waals surface area contributed by atoms with Gasteiger partial charge in [-0.25, -0.2) is 8.42 Å². The molecule has 0 bridgehead atoms. The van der Waals surface area contributed by atoms with E-state index in [1.54, 1.807) is 17.5 Å². The van der Waals surface area contributed by atoms with Gasteiger partial charge in [0.05, 0.1) is 11.5 Å². The maximum atomic E-state index is 13.0. The SMILES string of the molecule is COCCN(C1CC1)S(=O)(=O)c1cc(CCl)cc(C)c1Br. The van der Waals surface area contributed by atoms with Crippen molar-refractivity contribution in [3.8, 4) is 0 Å². The first-order chi connectivity index (χ1) is 9.91. The Balaban J connectivity index is 2.44. The molecule has 0 unspecified atom stereocenters. The third-order valence-corrected chi connectivity index (χ3v) is 7.09. The fourth-order valence-corrected chi connectivity index (χ4v) is 5.10. The lowest BCUT2D eigenvalue weighted by molar-refractivity contribution is 0.177. The van der Waals surface area contributed by atoms with E-state index >= 15 is 0 Å². The number of aryl methyl sites for hydroxylation is 1. The van der Waals surface area contributed by atoms with Crippen LogP contribution in [0.5, 0.6) is 0 Å². The molecule has 118 valence electrons. The molecule has 0 saturated heterocycles. The van der Waals surface area contributed by atoms with Crippen LogP contribution in [0.25, 0.3) is 0 Å². The second kappa shape index (κ2) is 6.96. The van der Waals surface area contributed by atoms with E-state index in [9.17, 15) is 8.42 Å². The Morgan fingerprint density at radius 2 is 2.10 bits per heavy atom. The molecular weight excluding hydrogens is 378 g/mol. The van der Waals surface area contributed by atoms with E-state index < -0.39 is 10.0 Å². The second-order valence-electron chi connectivity index (χ2n) is 5.20. The number of rotatable bonds is 7. The highest BCUT2D eigenvalue weighted by Gasteiger charge is 2.38. The van der Waals surface area contributed by atoms with Gasteiger partial charge in [0.25, 0.3) is 0 Å². The summed E-state index contributed by atoms with van der Waals surface area (Å²) in [7, 11) is -1.97. The molecule has 1 fully saturated rings. The monoisotopic (exact) mass is 395 g/mol. The van der Waals surface area contributed by atoms with E-state index in [1.807, 2.05) is 13.0 Å². The molecule has 0 radical (unpaired) electrons. The molecule has 1 aliphatic carbocycles. The normalized spacial score (nSPS) is 15.7. The van der Waals surface area contributed by atoms with Gasteiger partial charge in [-0.1, -0.05) is 6.07 Å². The van der Waals surface area contributed by atoms with Gasteiger partial charge in [0, 0.05) is 30.0 Å². The van der Waals surface area contributed by atoms with Gasteiger partial charge in [-0.05, 0) is 52.9 Å². The predicted octanol–water partition coefficient (Wildman–Crippen LogP) is 3.30. The van der Waals surface area contributed by atoms with E-state index in [0.29, 0.717) is 22.5 Å². The molecule has 0 N–H and O–H groups in total. The van der Waals surface area contributed by atoms with Crippen LogP contribution in [-0.4, -0.2) is 39.0 Å². The standard InChI is InChI=1S/C14H19BrClNO3S/c1-10-7-11(9-16)8-13(14(10)15)21(18,19)17(5-6-20-2)12-3-4-12/h7-8,12H,3-6,9H2,1-2H3. The summed E-state index contributed by atoms with van der Waals surface area (Å²) in [5.74, 6) is 0.290. The smallest absolute Gasteiger partial charge is 0.244 e. The van der Waals surface area contributed by atoms with E-state index in [2.05, 4.69) is 15.9 Å². The Hall–Kier alpha value is -0.140. The molecule has 1 saturated carbocycles. The quantitative estimate of drug-likeness (QED) is 0.664. The summed E-state index contributed by atoms with van der Waals surface area (Å²) in [6, 6.07) is 3.64. The van der Waals surface area contributed by atoms with Gasteiger partial charge in [-0.2, -0.15) is 4.31 Å². The fraction of sp³-hybridized carbons (Fsp3) is 0.571. The molecule has 1 aromatic carbocycles. The van der Waals surface area contributed by atoms with Crippen molar-refractivity contribution in [2.24, 2.45) is 0 Å².